The number of rotatable bonds is 7. The third kappa shape index (κ3) is 5.64. The van der Waals surface area contributed by atoms with Gasteiger partial charge in [-0.15, -0.1) is 0 Å². The summed E-state index contributed by atoms with van der Waals surface area (Å²) in [6, 6.07) is 7.17. The van der Waals surface area contributed by atoms with Crippen LogP contribution in [0.1, 0.15) is 18.9 Å². The fraction of sp³-hybridized carbons (Fsp3) is 0.429. The van der Waals surface area contributed by atoms with Crippen LogP contribution < -0.4 is 11.1 Å². The van der Waals surface area contributed by atoms with Crippen LogP contribution in [-0.2, 0) is 4.79 Å². The minimum absolute atomic E-state index is 0.137. The Kier molecular flexibility index (Phi) is 6.57. The number of hydrogen-bond donors (Lipinski definition) is 3. The lowest BCUT2D eigenvalue weighted by Crippen LogP contribution is -2.32. The number of carbonyl (C=O) groups excluding carboxylic acids is 1. The van der Waals surface area contributed by atoms with E-state index < -0.39 is 0 Å². The Morgan fingerprint density at radius 1 is 1.50 bits per heavy atom. The molecule has 4 N–H and O–H groups in total. The molecule has 0 aliphatic carbocycles. The van der Waals surface area contributed by atoms with Crippen molar-refractivity contribution in [2.75, 3.05) is 25.5 Å². The molecule has 1 atom stereocenters. The summed E-state index contributed by atoms with van der Waals surface area (Å²) in [5, 5.41) is 12.0. The van der Waals surface area contributed by atoms with E-state index in [2.05, 4.69) is 5.32 Å². The third-order valence-corrected chi connectivity index (χ3v) is 3.03. The summed E-state index contributed by atoms with van der Waals surface area (Å²) in [6.45, 7) is 2.63. The van der Waals surface area contributed by atoms with Gasteiger partial charge in [-0.25, -0.2) is 0 Å². The van der Waals surface area contributed by atoms with Crippen molar-refractivity contribution in [1.82, 2.24) is 4.90 Å². The first-order chi connectivity index (χ1) is 9.40. The number of para-hydroxylation sites is 1. The zero-order valence-electron chi connectivity index (χ0n) is 11.8. The van der Waals surface area contributed by atoms with Crippen LogP contribution in [0.2, 0.25) is 0 Å². The molecule has 1 unspecified atom stereocenters. The van der Waals surface area contributed by atoms with E-state index in [1.54, 1.807) is 19.1 Å². The Bertz CT molecular complexity index is 477. The fourth-order valence-electron chi connectivity index (χ4n) is 1.73. The van der Waals surface area contributed by atoms with E-state index in [0.717, 1.165) is 0 Å². The maximum Gasteiger partial charge on any atom is 0.238 e. The molecule has 1 rings (SSSR count). The molecule has 110 valence electrons. The number of hydrogen-bond acceptors (Lipinski definition) is 4. The normalized spacial score (nSPS) is 12.2. The van der Waals surface area contributed by atoms with Gasteiger partial charge < -0.3 is 16.2 Å². The maximum atomic E-state index is 11.9. The summed E-state index contributed by atoms with van der Waals surface area (Å²) in [5.41, 5.74) is 6.89. The lowest BCUT2D eigenvalue weighted by Gasteiger charge is -2.17. The highest BCUT2D eigenvalue weighted by atomic mass is 32.1. The Balaban J connectivity index is 2.56. The van der Waals surface area contributed by atoms with Crippen LogP contribution in [0, 0.1) is 0 Å². The van der Waals surface area contributed by atoms with E-state index in [1.165, 1.54) is 0 Å². The average molecular weight is 295 g/mol. The molecule has 0 aliphatic heterocycles. The SMILES string of the molecule is CC(O)CCN(C)CC(=O)Nc1ccccc1C(N)=S. The molecule has 0 fully saturated rings. The molecule has 0 bridgehead atoms. The van der Waals surface area contributed by atoms with Gasteiger partial charge in [0.1, 0.15) is 4.99 Å². The van der Waals surface area contributed by atoms with Crippen molar-refractivity contribution in [3.8, 4) is 0 Å². The average Bonchev–Trinajstić information content (AvgIpc) is 2.36. The van der Waals surface area contributed by atoms with E-state index in [0.29, 0.717) is 24.2 Å². The zero-order valence-corrected chi connectivity index (χ0v) is 12.6. The molecule has 1 amide bonds. The number of nitrogens with zero attached hydrogens (tertiary/aromatic N) is 1. The molecule has 0 spiro atoms. The van der Waals surface area contributed by atoms with Crippen molar-refractivity contribution < 1.29 is 9.90 Å². The third-order valence-electron chi connectivity index (χ3n) is 2.81. The van der Waals surface area contributed by atoms with Crippen molar-refractivity contribution in [1.29, 1.82) is 0 Å². The quantitative estimate of drug-likeness (QED) is 0.653. The highest BCUT2D eigenvalue weighted by Gasteiger charge is 2.10. The first kappa shape index (κ1) is 16.6. The predicted molar refractivity (Wildman–Crippen MR) is 84.8 cm³/mol. The number of thiocarbonyl (C=S) groups is 1. The number of likely N-dealkylation sites (N-methyl/N-ethyl adjacent to an activating group) is 1. The summed E-state index contributed by atoms with van der Waals surface area (Å²) in [4.78, 5) is 14.0. The van der Waals surface area contributed by atoms with E-state index >= 15 is 0 Å². The van der Waals surface area contributed by atoms with Crippen LogP contribution in [0.3, 0.4) is 0 Å². The second-order valence-corrected chi connectivity index (χ2v) is 5.27. The van der Waals surface area contributed by atoms with Gasteiger partial charge >= 0.3 is 0 Å². The summed E-state index contributed by atoms with van der Waals surface area (Å²) in [6.07, 6.45) is 0.267. The van der Waals surface area contributed by atoms with Crippen LogP contribution in [0.4, 0.5) is 5.69 Å². The zero-order chi connectivity index (χ0) is 15.1. The predicted octanol–water partition coefficient (Wildman–Crippen LogP) is 0.962. The largest absolute Gasteiger partial charge is 0.393 e. The number of aliphatic hydroxyl groups excluding tert-OH is 1. The molecule has 0 heterocycles. The Labute approximate surface area is 124 Å². The molecule has 1 aromatic rings. The van der Waals surface area contributed by atoms with Gasteiger partial charge in [-0.1, -0.05) is 24.4 Å². The molecular formula is C14H21N3O2S. The van der Waals surface area contributed by atoms with E-state index in [4.69, 9.17) is 18.0 Å². The molecule has 5 nitrogen and oxygen atoms in total. The smallest absolute Gasteiger partial charge is 0.238 e. The van der Waals surface area contributed by atoms with Crippen molar-refractivity contribution in [2.45, 2.75) is 19.4 Å². The van der Waals surface area contributed by atoms with Gasteiger partial charge in [-0.2, -0.15) is 0 Å². The van der Waals surface area contributed by atoms with E-state index in [-0.39, 0.29) is 23.5 Å². The molecule has 0 radical (unpaired) electrons. The molecule has 0 saturated carbocycles. The summed E-state index contributed by atoms with van der Waals surface area (Å²) in [7, 11) is 1.83. The van der Waals surface area contributed by atoms with E-state index in [1.807, 2.05) is 24.1 Å². The lowest BCUT2D eigenvalue weighted by atomic mass is 10.2. The fourth-order valence-corrected chi connectivity index (χ4v) is 1.91. The number of amides is 1. The van der Waals surface area contributed by atoms with Crippen molar-refractivity contribution in [3.63, 3.8) is 0 Å². The number of benzene rings is 1. The lowest BCUT2D eigenvalue weighted by molar-refractivity contribution is -0.117. The van der Waals surface area contributed by atoms with Crippen LogP contribution >= 0.6 is 12.2 Å². The van der Waals surface area contributed by atoms with E-state index in [9.17, 15) is 9.90 Å². The number of carbonyl (C=O) groups is 1. The van der Waals surface area contributed by atoms with Crippen molar-refractivity contribution in [2.24, 2.45) is 5.73 Å². The number of anilines is 1. The summed E-state index contributed by atoms with van der Waals surface area (Å²) < 4.78 is 0. The summed E-state index contributed by atoms with van der Waals surface area (Å²) in [5.74, 6) is -0.137. The maximum absolute atomic E-state index is 11.9. The van der Waals surface area contributed by atoms with Gasteiger partial charge in [0.2, 0.25) is 5.91 Å². The second-order valence-electron chi connectivity index (χ2n) is 4.83. The molecule has 20 heavy (non-hydrogen) atoms. The molecule has 0 aliphatic rings. The van der Waals surface area contributed by atoms with Crippen molar-refractivity contribution >= 4 is 28.8 Å². The van der Waals surface area contributed by atoms with Crippen LogP contribution in [0.5, 0.6) is 0 Å². The van der Waals surface area contributed by atoms with Gasteiger partial charge in [-0.05, 0) is 32.5 Å². The van der Waals surface area contributed by atoms with Gasteiger partial charge in [-0.3, -0.25) is 9.69 Å². The highest BCUT2D eigenvalue weighted by molar-refractivity contribution is 7.80. The Morgan fingerprint density at radius 3 is 2.75 bits per heavy atom. The topological polar surface area (TPSA) is 78.6 Å². The summed E-state index contributed by atoms with van der Waals surface area (Å²) >= 11 is 4.95. The van der Waals surface area contributed by atoms with Gasteiger partial charge in [0.05, 0.1) is 18.3 Å². The van der Waals surface area contributed by atoms with Crippen LogP contribution in [0.15, 0.2) is 24.3 Å². The van der Waals surface area contributed by atoms with Gasteiger partial charge in [0.25, 0.3) is 0 Å². The molecular weight excluding hydrogens is 274 g/mol. The first-order valence-electron chi connectivity index (χ1n) is 6.45. The molecule has 0 aromatic heterocycles. The molecule has 1 aromatic carbocycles. The minimum Gasteiger partial charge on any atom is -0.393 e. The number of aliphatic hydroxyl groups is 1. The Morgan fingerprint density at radius 2 is 2.15 bits per heavy atom. The second kappa shape index (κ2) is 7.94. The van der Waals surface area contributed by atoms with Gasteiger partial charge in [0, 0.05) is 12.1 Å². The molecule has 0 saturated heterocycles. The highest BCUT2D eigenvalue weighted by Crippen LogP contribution is 2.14. The van der Waals surface area contributed by atoms with Gasteiger partial charge in [0.15, 0.2) is 0 Å². The van der Waals surface area contributed by atoms with Crippen LogP contribution in [-0.4, -0.2) is 47.1 Å². The standard InChI is InChI=1S/C14H21N3O2S/c1-10(18)7-8-17(2)9-13(19)16-12-6-4-3-5-11(12)14(15)20/h3-6,10,18H,7-9H2,1-2H3,(H2,15,20)(H,16,19). The van der Waals surface area contributed by atoms with Crippen molar-refractivity contribution in [3.05, 3.63) is 29.8 Å². The van der Waals surface area contributed by atoms with Crippen LogP contribution in [0.25, 0.3) is 0 Å². The minimum atomic E-state index is -0.365. The number of nitrogens with two attached hydrogens (primary N) is 1. The Hall–Kier alpha value is -1.50. The number of nitrogens with one attached hydrogen (secondary N) is 1. The molecule has 6 heteroatoms. The first-order valence-corrected chi connectivity index (χ1v) is 6.86. The monoisotopic (exact) mass is 295 g/mol.